The third-order valence-electron chi connectivity index (χ3n) is 3.71. The highest BCUT2D eigenvalue weighted by Crippen LogP contribution is 2.18. The molecule has 2 N–H and O–H groups in total. The van der Waals surface area contributed by atoms with Gasteiger partial charge in [0.05, 0.1) is 18.8 Å². The number of hydrogen-bond donors (Lipinski definition) is 2. The van der Waals surface area contributed by atoms with Crippen molar-refractivity contribution in [2.24, 2.45) is 5.92 Å². The van der Waals surface area contributed by atoms with Crippen LogP contribution in [0.3, 0.4) is 0 Å². The molecule has 0 spiro atoms. The summed E-state index contributed by atoms with van der Waals surface area (Å²) in [5.74, 6) is 0.950. The third-order valence-corrected chi connectivity index (χ3v) is 3.71. The Morgan fingerprint density at radius 1 is 1.33 bits per heavy atom. The molecule has 1 aromatic carbocycles. The molecule has 0 fully saturated rings. The van der Waals surface area contributed by atoms with Crippen molar-refractivity contribution in [3.8, 4) is 5.75 Å². The lowest BCUT2D eigenvalue weighted by molar-refractivity contribution is 0.0817. The van der Waals surface area contributed by atoms with Gasteiger partial charge in [0.25, 0.3) is 5.91 Å². The Kier molecular flexibility index (Phi) is 6.69. The number of benzene rings is 1. The van der Waals surface area contributed by atoms with Gasteiger partial charge in [0.15, 0.2) is 0 Å². The number of amides is 1. The number of carbonyl (C=O) groups is 1. The highest BCUT2D eigenvalue weighted by atomic mass is 16.5. The number of nitrogens with one attached hydrogen (secondary N) is 1. The zero-order chi connectivity index (χ0) is 15.9. The molecule has 0 saturated heterocycles. The molecule has 4 heteroatoms. The van der Waals surface area contributed by atoms with E-state index in [9.17, 15) is 9.90 Å². The zero-order valence-corrected chi connectivity index (χ0v) is 13.5. The zero-order valence-electron chi connectivity index (χ0n) is 13.5. The minimum Gasteiger partial charge on any atom is -0.493 e. The van der Waals surface area contributed by atoms with Crippen molar-refractivity contribution < 1.29 is 14.6 Å². The summed E-state index contributed by atoms with van der Waals surface area (Å²) >= 11 is 0. The van der Waals surface area contributed by atoms with Crippen LogP contribution in [-0.2, 0) is 0 Å². The normalized spacial score (nSPS) is 11.5. The Labute approximate surface area is 127 Å². The van der Waals surface area contributed by atoms with Crippen LogP contribution in [-0.4, -0.2) is 29.8 Å². The van der Waals surface area contributed by atoms with E-state index in [0.717, 1.165) is 0 Å². The van der Waals surface area contributed by atoms with Crippen LogP contribution in [0.5, 0.6) is 5.75 Å². The van der Waals surface area contributed by atoms with Gasteiger partial charge in [0.2, 0.25) is 0 Å². The van der Waals surface area contributed by atoms with Crippen LogP contribution >= 0.6 is 0 Å². The molecule has 0 aliphatic rings. The van der Waals surface area contributed by atoms with E-state index >= 15 is 0 Å². The lowest BCUT2D eigenvalue weighted by Crippen LogP contribution is -2.50. The molecule has 0 saturated carbocycles. The van der Waals surface area contributed by atoms with Gasteiger partial charge in [0, 0.05) is 5.56 Å². The summed E-state index contributed by atoms with van der Waals surface area (Å²) in [6.45, 7) is 8.64. The summed E-state index contributed by atoms with van der Waals surface area (Å²) < 4.78 is 5.64. The smallest absolute Gasteiger partial charge is 0.251 e. The van der Waals surface area contributed by atoms with Gasteiger partial charge < -0.3 is 15.2 Å². The minimum atomic E-state index is -0.550. The van der Waals surface area contributed by atoms with Gasteiger partial charge in [-0.15, -0.1) is 0 Å². The molecule has 0 aliphatic heterocycles. The Hall–Kier alpha value is -1.55. The molecule has 0 aromatic heterocycles. The van der Waals surface area contributed by atoms with Crippen molar-refractivity contribution in [2.75, 3.05) is 13.2 Å². The fourth-order valence-electron chi connectivity index (χ4n) is 1.99. The second kappa shape index (κ2) is 8.03. The fourth-order valence-corrected chi connectivity index (χ4v) is 1.99. The predicted molar refractivity (Wildman–Crippen MR) is 84.6 cm³/mol. The van der Waals surface area contributed by atoms with Crippen molar-refractivity contribution in [1.29, 1.82) is 0 Å². The van der Waals surface area contributed by atoms with E-state index in [0.29, 0.717) is 36.7 Å². The maximum Gasteiger partial charge on any atom is 0.251 e. The van der Waals surface area contributed by atoms with Crippen molar-refractivity contribution >= 4 is 5.91 Å². The topological polar surface area (TPSA) is 58.6 Å². The molecule has 0 radical (unpaired) electrons. The average Bonchev–Trinajstić information content (AvgIpc) is 2.51. The quantitative estimate of drug-likeness (QED) is 0.774. The maximum absolute atomic E-state index is 12.3. The minimum absolute atomic E-state index is 0.0602. The summed E-state index contributed by atoms with van der Waals surface area (Å²) in [5, 5.41) is 12.5. The number of aliphatic hydroxyl groups is 1. The molecule has 0 unspecified atom stereocenters. The lowest BCUT2D eigenvalue weighted by Gasteiger charge is -2.30. The van der Waals surface area contributed by atoms with E-state index in [-0.39, 0.29) is 12.5 Å². The van der Waals surface area contributed by atoms with Crippen LogP contribution in [0, 0.1) is 5.92 Å². The second-order valence-electron chi connectivity index (χ2n) is 5.83. The number of ether oxygens (including phenoxy) is 1. The van der Waals surface area contributed by atoms with Gasteiger partial charge in [-0.05, 0) is 37.0 Å². The van der Waals surface area contributed by atoms with E-state index in [1.165, 1.54) is 0 Å². The van der Waals surface area contributed by atoms with Gasteiger partial charge in [-0.3, -0.25) is 4.79 Å². The van der Waals surface area contributed by atoms with E-state index in [1.54, 1.807) is 12.1 Å². The van der Waals surface area contributed by atoms with Gasteiger partial charge in [-0.1, -0.05) is 33.8 Å². The molecule has 1 rings (SSSR count). The third kappa shape index (κ3) is 5.05. The first-order valence-corrected chi connectivity index (χ1v) is 7.62. The summed E-state index contributed by atoms with van der Waals surface area (Å²) in [4.78, 5) is 12.3. The van der Waals surface area contributed by atoms with Crippen molar-refractivity contribution in [1.82, 2.24) is 5.32 Å². The Balaban J connectivity index is 2.80. The van der Waals surface area contributed by atoms with E-state index < -0.39 is 5.54 Å². The number of rotatable bonds is 8. The molecule has 4 nitrogen and oxygen atoms in total. The van der Waals surface area contributed by atoms with E-state index in [1.807, 2.05) is 26.0 Å². The molecule has 0 aliphatic carbocycles. The Morgan fingerprint density at radius 2 is 2.00 bits per heavy atom. The van der Waals surface area contributed by atoms with Crippen LogP contribution in [0.4, 0.5) is 0 Å². The highest BCUT2D eigenvalue weighted by molar-refractivity contribution is 5.95. The summed E-state index contributed by atoms with van der Waals surface area (Å²) in [6.07, 6.45) is 1.38. The maximum atomic E-state index is 12.3. The molecular formula is C17H27NO3. The molecule has 118 valence electrons. The van der Waals surface area contributed by atoms with Crippen LogP contribution < -0.4 is 10.1 Å². The molecule has 1 amide bonds. The largest absolute Gasteiger partial charge is 0.493 e. The fraction of sp³-hybridized carbons (Fsp3) is 0.588. The van der Waals surface area contributed by atoms with Gasteiger partial charge in [-0.2, -0.15) is 0 Å². The van der Waals surface area contributed by atoms with Gasteiger partial charge in [0.1, 0.15) is 5.75 Å². The van der Waals surface area contributed by atoms with E-state index in [2.05, 4.69) is 19.2 Å². The monoisotopic (exact) mass is 293 g/mol. The number of hydrogen-bond acceptors (Lipinski definition) is 3. The Bertz CT molecular complexity index is 445. The number of aliphatic hydroxyl groups excluding tert-OH is 1. The van der Waals surface area contributed by atoms with Crippen molar-refractivity contribution in [2.45, 2.75) is 46.1 Å². The summed E-state index contributed by atoms with van der Waals surface area (Å²) in [5.41, 5.74) is 0.00211. The van der Waals surface area contributed by atoms with E-state index in [4.69, 9.17) is 4.74 Å². The first-order valence-electron chi connectivity index (χ1n) is 7.62. The van der Waals surface area contributed by atoms with Crippen LogP contribution in [0.15, 0.2) is 24.3 Å². The van der Waals surface area contributed by atoms with Crippen LogP contribution in [0.2, 0.25) is 0 Å². The van der Waals surface area contributed by atoms with Crippen molar-refractivity contribution in [3.05, 3.63) is 29.8 Å². The Morgan fingerprint density at radius 3 is 2.52 bits per heavy atom. The molecule has 0 heterocycles. The second-order valence-corrected chi connectivity index (χ2v) is 5.83. The van der Waals surface area contributed by atoms with Crippen molar-refractivity contribution in [3.63, 3.8) is 0 Å². The van der Waals surface area contributed by atoms with Crippen LogP contribution in [0.25, 0.3) is 0 Å². The molecule has 0 bridgehead atoms. The summed E-state index contributed by atoms with van der Waals surface area (Å²) in [7, 11) is 0. The first kappa shape index (κ1) is 17.5. The molecule has 21 heavy (non-hydrogen) atoms. The lowest BCUT2D eigenvalue weighted by atomic mass is 9.93. The summed E-state index contributed by atoms with van der Waals surface area (Å²) in [6, 6.07) is 7.15. The molecule has 0 atom stereocenters. The SMILES string of the molecule is CCC(CC)(CO)NC(=O)c1cccc(OCC(C)C)c1. The average molecular weight is 293 g/mol. The van der Waals surface area contributed by atoms with Gasteiger partial charge >= 0.3 is 0 Å². The van der Waals surface area contributed by atoms with Crippen LogP contribution in [0.1, 0.15) is 50.9 Å². The molecule has 1 aromatic rings. The molecular weight excluding hydrogens is 266 g/mol. The highest BCUT2D eigenvalue weighted by Gasteiger charge is 2.27. The first-order chi connectivity index (χ1) is 9.96. The van der Waals surface area contributed by atoms with Gasteiger partial charge in [-0.25, -0.2) is 0 Å². The predicted octanol–water partition coefficient (Wildman–Crippen LogP) is 3.00. The number of carbonyl (C=O) groups excluding carboxylic acids is 1. The standard InChI is InChI=1S/C17H27NO3/c1-5-17(6-2,12-19)18-16(20)14-8-7-9-15(10-14)21-11-13(3)4/h7-10,13,19H,5-6,11-12H2,1-4H3,(H,18,20).